The minimum absolute atomic E-state index is 0.00831. The molecule has 2 amide bonds. The van der Waals surface area contributed by atoms with E-state index in [2.05, 4.69) is 56.4 Å². The number of rotatable bonds is 11. The summed E-state index contributed by atoms with van der Waals surface area (Å²) in [6, 6.07) is 25.9. The van der Waals surface area contributed by atoms with Crippen LogP contribution in [0.2, 0.25) is 0 Å². The van der Waals surface area contributed by atoms with Gasteiger partial charge in [-0.3, -0.25) is 9.59 Å². The van der Waals surface area contributed by atoms with Gasteiger partial charge in [0, 0.05) is 25.4 Å². The van der Waals surface area contributed by atoms with E-state index in [9.17, 15) is 9.59 Å². The number of aryl methyl sites for hydroxylation is 2. The topological polar surface area (TPSA) is 49.4 Å². The lowest BCUT2D eigenvalue weighted by molar-refractivity contribution is -0.141. The molecule has 0 saturated carbocycles. The van der Waals surface area contributed by atoms with Gasteiger partial charge in [0.1, 0.15) is 6.04 Å². The number of carbonyl (C=O) groups excluding carboxylic acids is 2. The first-order valence-corrected chi connectivity index (χ1v) is 13.0. The average molecular weight is 485 g/mol. The Hall–Kier alpha value is -3.40. The van der Waals surface area contributed by atoms with Gasteiger partial charge in [0.05, 0.1) is 0 Å². The highest BCUT2D eigenvalue weighted by molar-refractivity contribution is 5.88. The monoisotopic (exact) mass is 484 g/mol. The molecule has 1 unspecified atom stereocenters. The molecule has 0 heterocycles. The number of nitrogens with one attached hydrogen (secondary N) is 1. The van der Waals surface area contributed by atoms with Gasteiger partial charge in [0.15, 0.2) is 0 Å². The maximum absolute atomic E-state index is 13.8. The standard InChI is InChI=1S/C32H40N2O2/c1-23(2)28-18-15-26(16-19-28)17-20-31(35)34(22-29-14-10-9-11-25(29)5)30(32(36)33-24(3)4)21-27-12-7-6-8-13-27/h6-16,18-19,23-24,30H,17,20-22H2,1-5H3,(H,33,36). The third-order valence-corrected chi connectivity index (χ3v) is 6.58. The van der Waals surface area contributed by atoms with Crippen molar-refractivity contribution in [2.24, 2.45) is 0 Å². The van der Waals surface area contributed by atoms with E-state index in [0.717, 1.165) is 22.3 Å². The van der Waals surface area contributed by atoms with Crippen molar-refractivity contribution in [2.75, 3.05) is 0 Å². The van der Waals surface area contributed by atoms with Crippen molar-refractivity contribution in [3.8, 4) is 0 Å². The molecule has 0 spiro atoms. The largest absolute Gasteiger partial charge is 0.352 e. The molecule has 3 aromatic rings. The summed E-state index contributed by atoms with van der Waals surface area (Å²) in [7, 11) is 0. The molecule has 0 bridgehead atoms. The minimum Gasteiger partial charge on any atom is -0.352 e. The summed E-state index contributed by atoms with van der Waals surface area (Å²) < 4.78 is 0. The first kappa shape index (κ1) is 27.2. The van der Waals surface area contributed by atoms with Crippen molar-refractivity contribution in [1.82, 2.24) is 10.2 Å². The van der Waals surface area contributed by atoms with E-state index < -0.39 is 6.04 Å². The normalized spacial score (nSPS) is 12.0. The molecule has 0 fully saturated rings. The zero-order chi connectivity index (χ0) is 26.1. The Bertz CT molecular complexity index is 1120. The third kappa shape index (κ3) is 7.81. The Balaban J connectivity index is 1.89. The zero-order valence-electron chi connectivity index (χ0n) is 22.3. The second-order valence-corrected chi connectivity index (χ2v) is 10.2. The van der Waals surface area contributed by atoms with E-state index in [0.29, 0.717) is 31.7 Å². The maximum atomic E-state index is 13.8. The van der Waals surface area contributed by atoms with Crippen molar-refractivity contribution < 1.29 is 9.59 Å². The van der Waals surface area contributed by atoms with Gasteiger partial charge in [-0.2, -0.15) is 0 Å². The Kier molecular flexibility index (Phi) is 9.86. The van der Waals surface area contributed by atoms with E-state index in [1.54, 1.807) is 4.90 Å². The average Bonchev–Trinajstić information content (AvgIpc) is 2.86. The van der Waals surface area contributed by atoms with Crippen molar-refractivity contribution in [3.05, 3.63) is 107 Å². The fourth-order valence-electron chi connectivity index (χ4n) is 4.37. The van der Waals surface area contributed by atoms with Gasteiger partial charge in [-0.15, -0.1) is 0 Å². The number of benzene rings is 3. The molecule has 3 aromatic carbocycles. The minimum atomic E-state index is -0.592. The second kappa shape index (κ2) is 13.1. The lowest BCUT2D eigenvalue weighted by Gasteiger charge is -2.32. The lowest BCUT2D eigenvalue weighted by Crippen LogP contribution is -2.51. The third-order valence-electron chi connectivity index (χ3n) is 6.58. The van der Waals surface area contributed by atoms with Gasteiger partial charge in [0.25, 0.3) is 0 Å². The molecule has 0 aliphatic heterocycles. The Labute approximate surface area is 216 Å². The molecule has 4 nitrogen and oxygen atoms in total. The van der Waals surface area contributed by atoms with Gasteiger partial charge >= 0.3 is 0 Å². The summed E-state index contributed by atoms with van der Waals surface area (Å²) in [5, 5.41) is 3.06. The lowest BCUT2D eigenvalue weighted by atomic mass is 9.99. The summed E-state index contributed by atoms with van der Waals surface area (Å²) in [5.74, 6) is 0.353. The van der Waals surface area contributed by atoms with Gasteiger partial charge in [-0.05, 0) is 60.9 Å². The van der Waals surface area contributed by atoms with E-state index in [1.165, 1.54) is 5.56 Å². The second-order valence-electron chi connectivity index (χ2n) is 10.2. The van der Waals surface area contributed by atoms with E-state index in [1.807, 2.05) is 62.4 Å². The van der Waals surface area contributed by atoms with E-state index >= 15 is 0 Å². The fraction of sp³-hybridized carbons (Fsp3) is 0.375. The van der Waals surface area contributed by atoms with Crippen LogP contribution in [0.25, 0.3) is 0 Å². The van der Waals surface area contributed by atoms with Crippen LogP contribution >= 0.6 is 0 Å². The summed E-state index contributed by atoms with van der Waals surface area (Å²) in [6.45, 7) is 10.7. The Morgan fingerprint density at radius 1 is 0.806 bits per heavy atom. The molecule has 4 heteroatoms. The molecular weight excluding hydrogens is 444 g/mol. The van der Waals surface area contributed by atoms with Crippen molar-refractivity contribution in [3.63, 3.8) is 0 Å². The highest BCUT2D eigenvalue weighted by atomic mass is 16.2. The van der Waals surface area contributed by atoms with Crippen molar-refractivity contribution >= 4 is 11.8 Å². The predicted molar refractivity (Wildman–Crippen MR) is 148 cm³/mol. The molecule has 0 saturated heterocycles. The maximum Gasteiger partial charge on any atom is 0.243 e. The summed E-state index contributed by atoms with van der Waals surface area (Å²) >= 11 is 0. The van der Waals surface area contributed by atoms with Crippen LogP contribution < -0.4 is 5.32 Å². The molecule has 0 aliphatic carbocycles. The first-order chi connectivity index (χ1) is 17.2. The highest BCUT2D eigenvalue weighted by Crippen LogP contribution is 2.20. The smallest absolute Gasteiger partial charge is 0.243 e. The van der Waals surface area contributed by atoms with Gasteiger partial charge in [0.2, 0.25) is 11.8 Å². The van der Waals surface area contributed by atoms with Crippen molar-refractivity contribution in [2.45, 2.75) is 78.4 Å². The van der Waals surface area contributed by atoms with Crippen LogP contribution in [0.1, 0.15) is 67.9 Å². The first-order valence-electron chi connectivity index (χ1n) is 13.0. The highest BCUT2D eigenvalue weighted by Gasteiger charge is 2.30. The Morgan fingerprint density at radius 3 is 2.06 bits per heavy atom. The quantitative estimate of drug-likeness (QED) is 0.351. The van der Waals surface area contributed by atoms with Crippen LogP contribution in [0, 0.1) is 6.92 Å². The zero-order valence-corrected chi connectivity index (χ0v) is 22.3. The molecule has 0 radical (unpaired) electrons. The number of amides is 2. The molecule has 1 atom stereocenters. The molecular formula is C32H40N2O2. The fourth-order valence-corrected chi connectivity index (χ4v) is 4.37. The number of nitrogens with zero attached hydrogens (tertiary/aromatic N) is 1. The molecule has 0 aromatic heterocycles. The summed E-state index contributed by atoms with van der Waals surface area (Å²) in [6.07, 6.45) is 1.47. The van der Waals surface area contributed by atoms with Crippen molar-refractivity contribution in [1.29, 1.82) is 0 Å². The molecule has 0 aliphatic rings. The van der Waals surface area contributed by atoms with Crippen LogP contribution in [0.4, 0.5) is 0 Å². The van der Waals surface area contributed by atoms with Crippen LogP contribution in [-0.4, -0.2) is 28.8 Å². The van der Waals surface area contributed by atoms with Crippen LogP contribution in [-0.2, 0) is 29.0 Å². The van der Waals surface area contributed by atoms with E-state index in [4.69, 9.17) is 0 Å². The van der Waals surface area contributed by atoms with Gasteiger partial charge < -0.3 is 10.2 Å². The van der Waals surface area contributed by atoms with Crippen LogP contribution in [0.3, 0.4) is 0 Å². The molecule has 36 heavy (non-hydrogen) atoms. The van der Waals surface area contributed by atoms with Gasteiger partial charge in [-0.25, -0.2) is 0 Å². The predicted octanol–water partition coefficient (Wildman–Crippen LogP) is 6.22. The molecule has 1 N–H and O–H groups in total. The molecule has 190 valence electrons. The van der Waals surface area contributed by atoms with E-state index in [-0.39, 0.29) is 17.9 Å². The number of carbonyl (C=O) groups is 2. The van der Waals surface area contributed by atoms with Crippen LogP contribution in [0.5, 0.6) is 0 Å². The number of hydrogen-bond acceptors (Lipinski definition) is 2. The number of hydrogen-bond donors (Lipinski definition) is 1. The summed E-state index contributed by atoms with van der Waals surface area (Å²) in [4.78, 5) is 29.0. The van der Waals surface area contributed by atoms with Crippen LogP contribution in [0.15, 0.2) is 78.9 Å². The van der Waals surface area contributed by atoms with Gasteiger partial charge in [-0.1, -0.05) is 92.7 Å². The summed E-state index contributed by atoms with van der Waals surface area (Å²) in [5.41, 5.74) is 5.63. The Morgan fingerprint density at radius 2 is 1.44 bits per heavy atom. The molecule has 3 rings (SSSR count). The SMILES string of the molecule is Cc1ccccc1CN(C(=O)CCc1ccc(C(C)C)cc1)C(Cc1ccccc1)C(=O)NC(C)C.